The molecule has 0 spiro atoms. The summed E-state index contributed by atoms with van der Waals surface area (Å²) in [6.07, 6.45) is 0. The molecule has 2 heterocycles. The van der Waals surface area contributed by atoms with Crippen LogP contribution in [0.5, 0.6) is 0 Å². The summed E-state index contributed by atoms with van der Waals surface area (Å²) in [6.45, 7) is 0. The first-order valence-electron chi connectivity index (χ1n) is 8.17. The van der Waals surface area contributed by atoms with Gasteiger partial charge in [0.15, 0.2) is 5.96 Å². The lowest BCUT2D eigenvalue weighted by Gasteiger charge is -1.90. The molecule has 4 rings (SSSR count). The second-order valence-electron chi connectivity index (χ2n) is 5.98. The summed E-state index contributed by atoms with van der Waals surface area (Å²) in [6, 6.07) is 13.7. The van der Waals surface area contributed by atoms with Crippen LogP contribution in [0.15, 0.2) is 53.5 Å². The molecular weight excluding hydrogens is 417 g/mol. The number of halogens is 2. The molecule has 0 saturated heterocycles. The summed E-state index contributed by atoms with van der Waals surface area (Å²) in [7, 11) is 0. The van der Waals surface area contributed by atoms with Crippen LogP contribution in [-0.2, 0) is 0 Å². The van der Waals surface area contributed by atoms with E-state index in [0.717, 1.165) is 21.8 Å². The molecule has 2 aromatic heterocycles. The number of aromatic amines is 2. The van der Waals surface area contributed by atoms with Gasteiger partial charge in [-0.05, 0) is 48.5 Å². The molecule has 10 heteroatoms. The van der Waals surface area contributed by atoms with Crippen LogP contribution in [0.25, 0.3) is 21.8 Å². The largest absolute Gasteiger partial charge is 0.477 e. The third-order valence-electron chi connectivity index (χ3n) is 3.86. The number of carbonyl (C=O) groups is 2. The number of hydrogen-bond donors (Lipinski definition) is 5. The van der Waals surface area contributed by atoms with Gasteiger partial charge in [0.1, 0.15) is 11.4 Å². The number of nitrogens with zero attached hydrogens (tertiary/aromatic N) is 1. The number of benzene rings is 2. The average Bonchev–Trinajstić information content (AvgIpc) is 3.24. The van der Waals surface area contributed by atoms with Crippen LogP contribution in [0.1, 0.15) is 21.0 Å². The summed E-state index contributed by atoms with van der Waals surface area (Å²) in [4.78, 5) is 31.2. The van der Waals surface area contributed by atoms with Gasteiger partial charge < -0.3 is 26.5 Å². The van der Waals surface area contributed by atoms with E-state index in [4.69, 9.17) is 39.8 Å². The molecule has 0 radical (unpaired) electrons. The van der Waals surface area contributed by atoms with Crippen molar-refractivity contribution in [2.75, 3.05) is 0 Å². The number of nitrogens with one attached hydrogen (secondary N) is 2. The fourth-order valence-corrected chi connectivity index (χ4v) is 2.98. The Morgan fingerprint density at radius 2 is 1.31 bits per heavy atom. The second-order valence-corrected chi connectivity index (χ2v) is 6.85. The molecule has 0 aliphatic rings. The number of carboxylic acid groups (broad SMARTS) is 1. The number of fused-ring (bicyclic) bond motifs is 2. The highest BCUT2D eigenvalue weighted by molar-refractivity contribution is 6.31. The van der Waals surface area contributed by atoms with Crippen LogP contribution in [0.4, 0.5) is 0 Å². The molecule has 0 aliphatic heterocycles. The van der Waals surface area contributed by atoms with Gasteiger partial charge in [-0.25, -0.2) is 4.79 Å². The monoisotopic (exact) mass is 431 g/mol. The number of aliphatic imine (C=N–C) groups is 1. The maximum atomic E-state index is 11.5. The molecule has 0 fully saturated rings. The molecule has 0 aliphatic carbocycles. The zero-order valence-corrected chi connectivity index (χ0v) is 16.3. The average molecular weight is 432 g/mol. The molecule has 0 saturated carbocycles. The molecule has 0 unspecified atom stereocenters. The number of amides is 1. The van der Waals surface area contributed by atoms with Crippen molar-refractivity contribution in [3.63, 3.8) is 0 Å². The standard InChI is InChI=1S/C10H9ClN4O.C9H6ClNO2/c11-6-1-2-7-5(3-6)4-8(14-7)9(16)15-10(12)13;10-6-1-2-7-5(3-6)4-8(11-7)9(12)13/h1-4,14H,(H4,12,13,15,16);1-4,11H,(H,12,13). The summed E-state index contributed by atoms with van der Waals surface area (Å²) < 4.78 is 0. The molecule has 4 aromatic rings. The van der Waals surface area contributed by atoms with Crippen molar-refractivity contribution in [3.05, 3.63) is 70.0 Å². The summed E-state index contributed by atoms with van der Waals surface area (Å²) >= 11 is 11.6. The molecule has 7 N–H and O–H groups in total. The molecule has 0 bridgehead atoms. The van der Waals surface area contributed by atoms with Crippen LogP contribution in [0.2, 0.25) is 10.0 Å². The lowest BCUT2D eigenvalue weighted by atomic mass is 10.2. The SMILES string of the molecule is NC(N)=NC(=O)c1cc2cc(Cl)ccc2[nH]1.O=C(O)c1cc2cc(Cl)ccc2[nH]1. The minimum absolute atomic E-state index is 0.178. The minimum atomic E-state index is -0.965. The highest BCUT2D eigenvalue weighted by Crippen LogP contribution is 2.21. The van der Waals surface area contributed by atoms with E-state index in [9.17, 15) is 9.59 Å². The topological polar surface area (TPSA) is 150 Å². The summed E-state index contributed by atoms with van der Waals surface area (Å²) in [5, 5.41) is 11.5. The van der Waals surface area contributed by atoms with Gasteiger partial charge in [0.05, 0.1) is 0 Å². The highest BCUT2D eigenvalue weighted by atomic mass is 35.5. The number of carbonyl (C=O) groups excluding carboxylic acids is 1. The predicted molar refractivity (Wildman–Crippen MR) is 114 cm³/mol. The van der Waals surface area contributed by atoms with Crippen molar-refractivity contribution in [1.82, 2.24) is 9.97 Å². The Balaban J connectivity index is 0.000000169. The normalized spacial score (nSPS) is 10.4. The number of hydrogen-bond acceptors (Lipinski definition) is 2. The zero-order valence-electron chi connectivity index (χ0n) is 14.7. The predicted octanol–water partition coefficient (Wildman–Crippen LogP) is 3.75. The Labute approximate surface area is 174 Å². The fourth-order valence-electron chi connectivity index (χ4n) is 2.61. The van der Waals surface area contributed by atoms with E-state index in [1.807, 2.05) is 0 Å². The molecule has 2 aromatic carbocycles. The van der Waals surface area contributed by atoms with E-state index < -0.39 is 11.9 Å². The number of nitrogens with two attached hydrogens (primary N) is 2. The lowest BCUT2D eigenvalue weighted by molar-refractivity contribution is 0.0691. The maximum Gasteiger partial charge on any atom is 0.352 e. The number of H-pyrrole nitrogens is 2. The number of guanidine groups is 1. The lowest BCUT2D eigenvalue weighted by Crippen LogP contribution is -2.24. The van der Waals surface area contributed by atoms with E-state index in [-0.39, 0.29) is 11.7 Å². The van der Waals surface area contributed by atoms with Crippen molar-refractivity contribution >= 4 is 62.8 Å². The first-order valence-corrected chi connectivity index (χ1v) is 8.92. The van der Waals surface area contributed by atoms with E-state index in [1.165, 1.54) is 0 Å². The Bertz CT molecular complexity index is 1260. The Morgan fingerprint density at radius 3 is 1.79 bits per heavy atom. The second kappa shape index (κ2) is 8.26. The number of aromatic nitrogens is 2. The van der Waals surface area contributed by atoms with Gasteiger partial charge in [-0.15, -0.1) is 0 Å². The molecular formula is C19H15Cl2N5O3. The quantitative estimate of drug-likeness (QED) is 0.241. The summed E-state index contributed by atoms with van der Waals surface area (Å²) in [5.41, 5.74) is 12.3. The van der Waals surface area contributed by atoms with Gasteiger partial charge in [0.2, 0.25) is 0 Å². The molecule has 8 nitrogen and oxygen atoms in total. The number of carboxylic acids is 1. The molecule has 148 valence electrons. The van der Waals surface area contributed by atoms with E-state index in [2.05, 4.69) is 15.0 Å². The van der Waals surface area contributed by atoms with Crippen molar-refractivity contribution in [2.24, 2.45) is 16.5 Å². The van der Waals surface area contributed by atoms with Crippen molar-refractivity contribution in [3.8, 4) is 0 Å². The van der Waals surface area contributed by atoms with E-state index in [0.29, 0.717) is 15.7 Å². The van der Waals surface area contributed by atoms with Crippen LogP contribution < -0.4 is 11.5 Å². The van der Waals surface area contributed by atoms with Gasteiger partial charge in [-0.2, -0.15) is 4.99 Å². The van der Waals surface area contributed by atoms with Gasteiger partial charge in [0.25, 0.3) is 5.91 Å². The fraction of sp³-hybridized carbons (Fsp3) is 0. The Kier molecular flexibility index (Phi) is 5.76. The third kappa shape index (κ3) is 4.87. The minimum Gasteiger partial charge on any atom is -0.477 e. The summed E-state index contributed by atoms with van der Waals surface area (Å²) in [5.74, 6) is -1.73. The van der Waals surface area contributed by atoms with E-state index in [1.54, 1.807) is 48.5 Å². The highest BCUT2D eigenvalue weighted by Gasteiger charge is 2.09. The Morgan fingerprint density at radius 1 is 0.828 bits per heavy atom. The van der Waals surface area contributed by atoms with Crippen LogP contribution in [0, 0.1) is 0 Å². The third-order valence-corrected chi connectivity index (χ3v) is 4.33. The van der Waals surface area contributed by atoms with Crippen LogP contribution >= 0.6 is 23.2 Å². The number of aromatic carboxylic acids is 1. The van der Waals surface area contributed by atoms with Crippen molar-refractivity contribution in [2.45, 2.75) is 0 Å². The van der Waals surface area contributed by atoms with Crippen LogP contribution in [-0.4, -0.2) is 32.9 Å². The molecule has 29 heavy (non-hydrogen) atoms. The first kappa shape index (κ1) is 20.2. The van der Waals surface area contributed by atoms with Gasteiger partial charge in [0, 0.05) is 31.9 Å². The van der Waals surface area contributed by atoms with Gasteiger partial charge in [-0.3, -0.25) is 4.79 Å². The molecule has 1 amide bonds. The van der Waals surface area contributed by atoms with Crippen LogP contribution in [0.3, 0.4) is 0 Å². The van der Waals surface area contributed by atoms with Gasteiger partial charge in [-0.1, -0.05) is 23.2 Å². The van der Waals surface area contributed by atoms with Gasteiger partial charge >= 0.3 is 5.97 Å². The van der Waals surface area contributed by atoms with E-state index >= 15 is 0 Å². The smallest absolute Gasteiger partial charge is 0.352 e. The van der Waals surface area contributed by atoms with Crippen molar-refractivity contribution in [1.29, 1.82) is 0 Å². The van der Waals surface area contributed by atoms with Crippen molar-refractivity contribution < 1.29 is 14.7 Å². The zero-order chi connectivity index (χ0) is 21.1. The first-order chi connectivity index (χ1) is 13.7. The molecule has 0 atom stereocenters. The Hall–Kier alpha value is -3.49. The maximum absolute atomic E-state index is 11.5. The number of rotatable bonds is 2.